The average molecular weight is 445 g/mol. The van der Waals surface area contributed by atoms with Crippen LogP contribution in [0.4, 0.5) is 36.3 Å². The number of anilines is 3. The Morgan fingerprint density at radius 3 is 2.67 bits per heavy atom. The van der Waals surface area contributed by atoms with Gasteiger partial charge in [0.2, 0.25) is 0 Å². The summed E-state index contributed by atoms with van der Waals surface area (Å²) in [6, 6.07) is 16.5. The Bertz CT molecular complexity index is 1450. The standard InChI is InChI=1S/C24H17F2N5O2/c25-13-6-8-18(16(26)10-13)31-24(33)28-14-7-9-19-20(11-14)29-21(12-27-19)22-15-4-2-1-3-5-17(15)30-23(22)32/h1-11,27H,12H2,(H,30,32)(H2,28,31,33). The van der Waals surface area contributed by atoms with Gasteiger partial charge in [-0.25, -0.2) is 18.6 Å². The summed E-state index contributed by atoms with van der Waals surface area (Å²) in [6.45, 7) is 0.366. The fraction of sp³-hybridized carbons (Fsp3) is 0.0417. The minimum Gasteiger partial charge on any atom is -0.378 e. The normalized spacial score (nSPS) is 12.5. The number of aliphatic imine (C=N–C) groups is 1. The molecule has 2 heterocycles. The van der Waals surface area contributed by atoms with Crippen molar-refractivity contribution in [3.8, 4) is 11.3 Å². The van der Waals surface area contributed by atoms with Crippen molar-refractivity contribution in [1.29, 1.82) is 0 Å². The largest absolute Gasteiger partial charge is 0.378 e. The van der Waals surface area contributed by atoms with Gasteiger partial charge in [-0.2, -0.15) is 0 Å². The maximum Gasteiger partial charge on any atom is 0.323 e. The molecule has 0 fully saturated rings. The van der Waals surface area contributed by atoms with Crippen LogP contribution in [0.1, 0.15) is 5.56 Å². The van der Waals surface area contributed by atoms with Crippen molar-refractivity contribution < 1.29 is 13.6 Å². The maximum absolute atomic E-state index is 13.8. The third-order valence-corrected chi connectivity index (χ3v) is 5.21. The minimum atomic E-state index is -0.880. The highest BCUT2D eigenvalue weighted by Gasteiger charge is 2.22. The van der Waals surface area contributed by atoms with Crippen LogP contribution in [-0.2, 0) is 0 Å². The van der Waals surface area contributed by atoms with Crippen LogP contribution >= 0.6 is 0 Å². The molecular weight excluding hydrogens is 428 g/mol. The van der Waals surface area contributed by atoms with Crippen molar-refractivity contribution in [3.05, 3.63) is 94.3 Å². The minimum absolute atomic E-state index is 0.149. The van der Waals surface area contributed by atoms with E-state index in [1.807, 2.05) is 30.3 Å². The van der Waals surface area contributed by atoms with E-state index in [0.717, 1.165) is 23.4 Å². The van der Waals surface area contributed by atoms with E-state index in [4.69, 9.17) is 0 Å². The highest BCUT2D eigenvalue weighted by atomic mass is 19.1. The number of hydrogen-bond donors (Lipinski definition) is 4. The quantitative estimate of drug-likeness (QED) is 0.359. The summed E-state index contributed by atoms with van der Waals surface area (Å²) in [7, 11) is 0. The summed E-state index contributed by atoms with van der Waals surface area (Å²) in [5, 5.41) is 8.18. The molecule has 2 amide bonds. The second-order valence-corrected chi connectivity index (χ2v) is 7.41. The summed E-state index contributed by atoms with van der Waals surface area (Å²) >= 11 is 0. The van der Waals surface area contributed by atoms with Crippen LogP contribution in [0.25, 0.3) is 11.3 Å². The number of fused-ring (bicyclic) bond motifs is 2. The fourth-order valence-corrected chi connectivity index (χ4v) is 3.70. The second-order valence-electron chi connectivity index (χ2n) is 7.41. The molecule has 0 unspecified atom stereocenters. The van der Waals surface area contributed by atoms with Crippen LogP contribution in [0.15, 0.2) is 76.5 Å². The first-order valence-electron chi connectivity index (χ1n) is 10.1. The number of aromatic amines is 1. The Labute approximate surface area is 186 Å². The van der Waals surface area contributed by atoms with Gasteiger partial charge in [0.05, 0.1) is 34.9 Å². The zero-order valence-corrected chi connectivity index (χ0v) is 17.1. The molecule has 4 N–H and O–H groups in total. The molecule has 0 saturated carbocycles. The van der Waals surface area contributed by atoms with Gasteiger partial charge in [-0.15, -0.1) is 0 Å². The number of nitrogens with one attached hydrogen (secondary N) is 4. The number of nitrogens with zero attached hydrogens (tertiary/aromatic N) is 1. The average Bonchev–Trinajstić information content (AvgIpc) is 2.93. The van der Waals surface area contributed by atoms with Crippen LogP contribution in [-0.4, -0.2) is 23.3 Å². The number of carbonyl (C=O) groups is 1. The first-order chi connectivity index (χ1) is 16.0. The van der Waals surface area contributed by atoms with Gasteiger partial charge in [-0.1, -0.05) is 24.3 Å². The molecule has 1 aliphatic carbocycles. The number of carbonyl (C=O) groups excluding carboxylic acids is 1. The smallest absolute Gasteiger partial charge is 0.323 e. The van der Waals surface area contributed by atoms with Crippen molar-refractivity contribution in [2.24, 2.45) is 4.99 Å². The SMILES string of the molecule is O=C(Nc1ccc2c(c1)N=C(c1c3cccccc-3[nH]c1=O)CN2)Nc1ccc(F)cc1F. The van der Waals surface area contributed by atoms with E-state index in [-0.39, 0.29) is 11.2 Å². The van der Waals surface area contributed by atoms with Crippen molar-refractivity contribution in [3.63, 3.8) is 0 Å². The van der Waals surface area contributed by atoms with E-state index in [9.17, 15) is 18.4 Å². The Balaban J connectivity index is 1.41. The first kappa shape index (κ1) is 20.4. The molecular formula is C24H17F2N5O2. The van der Waals surface area contributed by atoms with Crippen LogP contribution in [0.2, 0.25) is 0 Å². The van der Waals surface area contributed by atoms with Crippen LogP contribution < -0.4 is 21.5 Å². The number of rotatable bonds is 3. The number of hydrogen-bond acceptors (Lipinski definition) is 4. The van der Waals surface area contributed by atoms with Gasteiger partial charge in [0.1, 0.15) is 11.6 Å². The summed E-state index contributed by atoms with van der Waals surface area (Å²) < 4.78 is 26.8. The lowest BCUT2D eigenvalue weighted by atomic mass is 10.0. The molecule has 3 aliphatic rings. The molecule has 164 valence electrons. The zero-order chi connectivity index (χ0) is 22.9. The molecule has 2 aromatic rings. The Morgan fingerprint density at radius 2 is 1.82 bits per heavy atom. The van der Waals surface area contributed by atoms with Gasteiger partial charge in [-0.3, -0.25) is 4.79 Å². The monoisotopic (exact) mass is 445 g/mol. The molecule has 0 spiro atoms. The van der Waals surface area contributed by atoms with Gasteiger partial charge in [-0.05, 0) is 36.4 Å². The van der Waals surface area contributed by atoms with Crippen molar-refractivity contribution >= 4 is 34.5 Å². The third-order valence-electron chi connectivity index (χ3n) is 5.21. The van der Waals surface area contributed by atoms with E-state index in [1.165, 1.54) is 0 Å². The predicted molar refractivity (Wildman–Crippen MR) is 124 cm³/mol. The number of halogens is 2. The molecule has 0 radical (unpaired) electrons. The van der Waals surface area contributed by atoms with Gasteiger partial charge in [0.15, 0.2) is 0 Å². The van der Waals surface area contributed by atoms with E-state index >= 15 is 0 Å². The molecule has 9 heteroatoms. The van der Waals surface area contributed by atoms with E-state index in [1.54, 1.807) is 18.2 Å². The van der Waals surface area contributed by atoms with E-state index in [0.29, 0.717) is 41.0 Å². The molecule has 0 bridgehead atoms. The molecule has 7 nitrogen and oxygen atoms in total. The van der Waals surface area contributed by atoms with Gasteiger partial charge in [0.25, 0.3) is 5.56 Å². The van der Waals surface area contributed by atoms with E-state index < -0.39 is 17.7 Å². The molecule has 2 aromatic carbocycles. The Kier molecular flexibility index (Phi) is 5.06. The lowest BCUT2D eigenvalue weighted by Gasteiger charge is -2.18. The van der Waals surface area contributed by atoms with Gasteiger partial charge in [0, 0.05) is 23.0 Å². The zero-order valence-electron chi connectivity index (χ0n) is 17.1. The Morgan fingerprint density at radius 1 is 0.970 bits per heavy atom. The lowest BCUT2D eigenvalue weighted by Crippen LogP contribution is -2.24. The van der Waals surface area contributed by atoms with Gasteiger partial charge < -0.3 is 20.9 Å². The molecule has 0 saturated heterocycles. The van der Waals surface area contributed by atoms with Crippen LogP contribution in [0.3, 0.4) is 0 Å². The Hall–Kier alpha value is -4.53. The number of aromatic nitrogens is 1. The van der Waals surface area contributed by atoms with Crippen LogP contribution in [0.5, 0.6) is 0 Å². The summed E-state index contributed by atoms with van der Waals surface area (Å²) in [6.07, 6.45) is 0. The van der Waals surface area contributed by atoms with E-state index in [2.05, 4.69) is 25.9 Å². The number of urea groups is 1. The first-order valence-corrected chi connectivity index (χ1v) is 10.1. The van der Waals surface area contributed by atoms with Crippen molar-refractivity contribution in [2.45, 2.75) is 0 Å². The topological polar surface area (TPSA) is 98.4 Å². The molecule has 0 aromatic heterocycles. The highest BCUT2D eigenvalue weighted by Crippen LogP contribution is 2.33. The van der Waals surface area contributed by atoms with Gasteiger partial charge >= 0.3 is 6.03 Å². The molecule has 33 heavy (non-hydrogen) atoms. The summed E-state index contributed by atoms with van der Waals surface area (Å²) in [5.74, 6) is -1.62. The second kappa shape index (κ2) is 8.19. The molecule has 2 aliphatic heterocycles. The highest BCUT2D eigenvalue weighted by molar-refractivity contribution is 6.11. The number of benzene rings is 2. The van der Waals surface area contributed by atoms with Crippen LogP contribution in [0, 0.1) is 11.6 Å². The number of amides is 2. The predicted octanol–water partition coefficient (Wildman–Crippen LogP) is 4.95. The maximum atomic E-state index is 13.8. The number of H-pyrrole nitrogens is 1. The lowest BCUT2D eigenvalue weighted by molar-refractivity contribution is 0.262. The molecule has 5 rings (SSSR count). The summed E-state index contributed by atoms with van der Waals surface area (Å²) in [5.41, 5.74) is 3.86. The molecule has 0 atom stereocenters. The van der Waals surface area contributed by atoms with Crippen molar-refractivity contribution in [2.75, 3.05) is 22.5 Å². The van der Waals surface area contributed by atoms with Crippen molar-refractivity contribution in [1.82, 2.24) is 4.98 Å². The third kappa shape index (κ3) is 4.03. The summed E-state index contributed by atoms with van der Waals surface area (Å²) in [4.78, 5) is 32.4. The fourth-order valence-electron chi connectivity index (χ4n) is 3.70.